The molecule has 1 aliphatic carbocycles. The molecule has 1 aliphatic rings. The molecule has 1 rings (SSSR count). The second-order valence-corrected chi connectivity index (χ2v) is 6.70. The fraction of sp³-hybridized carbons (Fsp3) is 0.938. The lowest BCUT2D eigenvalue weighted by atomic mass is 9.73. The highest BCUT2D eigenvalue weighted by atomic mass is 16.3. The van der Waals surface area contributed by atoms with Crippen LogP contribution in [0.15, 0.2) is 0 Å². The van der Waals surface area contributed by atoms with Gasteiger partial charge in [0.1, 0.15) is 0 Å². The smallest absolute Gasteiger partial charge is 0.224 e. The first kappa shape index (κ1) is 17.4. The van der Waals surface area contributed by atoms with Crippen LogP contribution in [0.5, 0.6) is 0 Å². The van der Waals surface area contributed by atoms with E-state index in [1.165, 1.54) is 0 Å². The topological polar surface area (TPSA) is 75.3 Å². The van der Waals surface area contributed by atoms with Gasteiger partial charge in [0.25, 0.3) is 0 Å². The third-order valence-corrected chi connectivity index (χ3v) is 5.35. The van der Waals surface area contributed by atoms with Gasteiger partial charge in [-0.25, -0.2) is 0 Å². The van der Waals surface area contributed by atoms with Crippen molar-refractivity contribution in [2.45, 2.75) is 71.3 Å². The van der Waals surface area contributed by atoms with Crippen molar-refractivity contribution in [3.63, 3.8) is 0 Å². The summed E-state index contributed by atoms with van der Waals surface area (Å²) in [5, 5.41) is 12.3. The molecule has 4 heteroatoms. The van der Waals surface area contributed by atoms with Crippen LogP contribution in [-0.2, 0) is 4.79 Å². The van der Waals surface area contributed by atoms with Crippen molar-refractivity contribution in [2.24, 2.45) is 17.1 Å². The second-order valence-electron chi connectivity index (χ2n) is 6.70. The maximum absolute atomic E-state index is 12.4. The van der Waals surface area contributed by atoms with Gasteiger partial charge in [-0.2, -0.15) is 0 Å². The van der Waals surface area contributed by atoms with E-state index in [1.54, 1.807) is 0 Å². The summed E-state index contributed by atoms with van der Waals surface area (Å²) in [5.41, 5.74) is 5.93. The van der Waals surface area contributed by atoms with E-state index in [9.17, 15) is 9.90 Å². The van der Waals surface area contributed by atoms with Crippen LogP contribution in [0.4, 0.5) is 0 Å². The fourth-order valence-electron chi connectivity index (χ4n) is 3.37. The molecule has 4 nitrogen and oxygen atoms in total. The summed E-state index contributed by atoms with van der Waals surface area (Å²) in [7, 11) is 0. The summed E-state index contributed by atoms with van der Waals surface area (Å²) in [6, 6.07) is 0. The molecule has 0 aromatic rings. The number of aliphatic hydroxyl groups excluding tert-OH is 1. The third-order valence-electron chi connectivity index (χ3n) is 5.35. The van der Waals surface area contributed by atoms with Crippen LogP contribution in [0, 0.1) is 11.3 Å². The van der Waals surface area contributed by atoms with Crippen molar-refractivity contribution in [1.29, 1.82) is 0 Å². The number of rotatable bonds is 7. The van der Waals surface area contributed by atoms with Crippen LogP contribution < -0.4 is 11.1 Å². The van der Waals surface area contributed by atoms with E-state index in [1.807, 2.05) is 6.92 Å². The van der Waals surface area contributed by atoms with Gasteiger partial charge in [-0.05, 0) is 44.4 Å². The van der Waals surface area contributed by atoms with Gasteiger partial charge in [0, 0.05) is 18.7 Å². The van der Waals surface area contributed by atoms with Crippen LogP contribution in [0.25, 0.3) is 0 Å². The number of hydrogen-bond acceptors (Lipinski definition) is 3. The molecule has 118 valence electrons. The average molecular weight is 284 g/mol. The minimum Gasteiger partial charge on any atom is -0.396 e. The normalized spacial score (nSPS) is 27.4. The van der Waals surface area contributed by atoms with Gasteiger partial charge < -0.3 is 16.2 Å². The second kappa shape index (κ2) is 7.41. The monoisotopic (exact) mass is 284 g/mol. The van der Waals surface area contributed by atoms with Crippen LogP contribution in [0.3, 0.4) is 0 Å². The van der Waals surface area contributed by atoms with Gasteiger partial charge in [0.05, 0.1) is 5.92 Å². The zero-order valence-electron chi connectivity index (χ0n) is 13.4. The molecule has 0 aliphatic heterocycles. The lowest BCUT2D eigenvalue weighted by molar-refractivity contribution is -0.128. The predicted octanol–water partition coefficient (Wildman–Crippen LogP) is 2.20. The van der Waals surface area contributed by atoms with Crippen LogP contribution in [-0.4, -0.2) is 29.7 Å². The van der Waals surface area contributed by atoms with Crippen molar-refractivity contribution < 1.29 is 9.90 Å². The van der Waals surface area contributed by atoms with E-state index in [2.05, 4.69) is 19.2 Å². The summed E-state index contributed by atoms with van der Waals surface area (Å²) < 4.78 is 0. The predicted molar refractivity (Wildman–Crippen MR) is 82.3 cm³/mol. The molecule has 2 atom stereocenters. The lowest BCUT2D eigenvalue weighted by Crippen LogP contribution is -2.54. The zero-order valence-corrected chi connectivity index (χ0v) is 13.4. The highest BCUT2D eigenvalue weighted by Gasteiger charge is 2.38. The number of carbonyl (C=O) groups excluding carboxylic acids is 1. The maximum Gasteiger partial charge on any atom is 0.224 e. The zero-order chi connectivity index (χ0) is 15.2. The van der Waals surface area contributed by atoms with Crippen LogP contribution in [0.1, 0.15) is 65.7 Å². The Morgan fingerprint density at radius 1 is 1.40 bits per heavy atom. The van der Waals surface area contributed by atoms with Crippen molar-refractivity contribution in [1.82, 2.24) is 5.32 Å². The molecule has 0 spiro atoms. The van der Waals surface area contributed by atoms with Crippen LogP contribution >= 0.6 is 0 Å². The molecule has 0 aromatic heterocycles. The van der Waals surface area contributed by atoms with Gasteiger partial charge in [-0.3, -0.25) is 4.79 Å². The highest BCUT2D eigenvalue weighted by molar-refractivity contribution is 5.80. The van der Waals surface area contributed by atoms with Gasteiger partial charge in [0.2, 0.25) is 5.91 Å². The lowest BCUT2D eigenvalue weighted by Gasteiger charge is -2.38. The molecule has 0 aromatic carbocycles. The molecule has 20 heavy (non-hydrogen) atoms. The minimum atomic E-state index is -0.375. The van der Waals surface area contributed by atoms with E-state index < -0.39 is 0 Å². The van der Waals surface area contributed by atoms with E-state index in [-0.39, 0.29) is 29.4 Å². The Morgan fingerprint density at radius 2 is 2.05 bits per heavy atom. The van der Waals surface area contributed by atoms with Gasteiger partial charge in [0.15, 0.2) is 0 Å². The summed E-state index contributed by atoms with van der Waals surface area (Å²) in [6.45, 7) is 7.07. The maximum atomic E-state index is 12.4. The molecule has 1 fully saturated rings. The molecular weight excluding hydrogens is 252 g/mol. The first-order valence-corrected chi connectivity index (χ1v) is 8.08. The summed E-state index contributed by atoms with van der Waals surface area (Å²) in [5.74, 6) is 0.0238. The minimum absolute atomic E-state index is 0.0179. The molecule has 1 saturated carbocycles. The van der Waals surface area contributed by atoms with E-state index in [0.717, 1.165) is 44.9 Å². The van der Waals surface area contributed by atoms with Gasteiger partial charge in [-0.1, -0.05) is 26.7 Å². The quantitative estimate of drug-likeness (QED) is 0.671. The number of carbonyl (C=O) groups is 1. The van der Waals surface area contributed by atoms with Crippen molar-refractivity contribution >= 4 is 5.91 Å². The summed E-state index contributed by atoms with van der Waals surface area (Å²) in [6.07, 6.45) is 6.70. The molecule has 0 bridgehead atoms. The molecule has 0 radical (unpaired) electrons. The molecule has 2 unspecified atom stereocenters. The first-order valence-electron chi connectivity index (χ1n) is 8.08. The average Bonchev–Trinajstić information content (AvgIpc) is 2.43. The number of aliphatic hydroxyl groups is 1. The summed E-state index contributed by atoms with van der Waals surface area (Å²) in [4.78, 5) is 12.4. The van der Waals surface area contributed by atoms with Crippen LogP contribution in [0.2, 0.25) is 0 Å². The fourth-order valence-corrected chi connectivity index (χ4v) is 3.37. The number of nitrogens with one attached hydrogen (secondary N) is 1. The number of hydrogen-bond donors (Lipinski definition) is 3. The third kappa shape index (κ3) is 4.19. The molecule has 0 heterocycles. The van der Waals surface area contributed by atoms with E-state index in [4.69, 9.17) is 5.73 Å². The Morgan fingerprint density at radius 3 is 2.55 bits per heavy atom. The van der Waals surface area contributed by atoms with Gasteiger partial charge >= 0.3 is 0 Å². The molecule has 0 saturated heterocycles. The SMILES string of the molecule is CCC(CC)(CCO)CNC(=O)C1CCCCC1(C)N. The number of nitrogens with two attached hydrogens (primary N) is 1. The Labute approximate surface area is 123 Å². The largest absolute Gasteiger partial charge is 0.396 e. The Kier molecular flexibility index (Phi) is 6.46. The highest BCUT2D eigenvalue weighted by Crippen LogP contribution is 2.33. The Balaban J connectivity index is 2.61. The number of amides is 1. The standard InChI is InChI=1S/C16H32N2O2/c1-4-16(5-2,10-11-19)12-18-14(20)13-8-6-7-9-15(13,3)17/h13,19H,4-12,17H2,1-3H3,(H,18,20). The Bertz CT molecular complexity index is 312. The summed E-state index contributed by atoms with van der Waals surface area (Å²) >= 11 is 0. The first-order chi connectivity index (χ1) is 9.40. The van der Waals surface area contributed by atoms with E-state index in [0.29, 0.717) is 6.54 Å². The van der Waals surface area contributed by atoms with Crippen molar-refractivity contribution in [3.8, 4) is 0 Å². The van der Waals surface area contributed by atoms with Gasteiger partial charge in [-0.15, -0.1) is 0 Å². The molecule has 4 N–H and O–H groups in total. The van der Waals surface area contributed by atoms with Crippen molar-refractivity contribution in [2.75, 3.05) is 13.2 Å². The molecule has 1 amide bonds. The molecular formula is C16H32N2O2. The van der Waals surface area contributed by atoms with Crippen molar-refractivity contribution in [3.05, 3.63) is 0 Å². The Hall–Kier alpha value is -0.610. The van der Waals surface area contributed by atoms with E-state index >= 15 is 0 Å².